The van der Waals surface area contributed by atoms with Gasteiger partial charge in [0, 0.05) is 24.1 Å². The van der Waals surface area contributed by atoms with Gasteiger partial charge in [0.2, 0.25) is 0 Å². The van der Waals surface area contributed by atoms with Crippen LogP contribution in [0.2, 0.25) is 0 Å². The van der Waals surface area contributed by atoms with Crippen LogP contribution >= 0.6 is 0 Å². The zero-order valence-electron chi connectivity index (χ0n) is 12.2. The number of para-hydroxylation sites is 1. The summed E-state index contributed by atoms with van der Waals surface area (Å²) in [4.78, 5) is 19.8. The van der Waals surface area contributed by atoms with Gasteiger partial charge in [-0.3, -0.25) is 0 Å². The van der Waals surface area contributed by atoms with E-state index in [0.717, 1.165) is 24.2 Å². The van der Waals surface area contributed by atoms with Crippen molar-refractivity contribution >= 4 is 11.8 Å². The number of anilines is 1. The van der Waals surface area contributed by atoms with Crippen LogP contribution in [0.1, 0.15) is 34.7 Å². The Hall–Kier alpha value is -2.63. The molecule has 1 fully saturated rings. The van der Waals surface area contributed by atoms with E-state index >= 15 is 0 Å². The van der Waals surface area contributed by atoms with E-state index in [1.165, 1.54) is 6.07 Å². The van der Waals surface area contributed by atoms with Crippen LogP contribution < -0.4 is 10.1 Å². The van der Waals surface area contributed by atoms with E-state index in [4.69, 9.17) is 4.74 Å². The first kappa shape index (κ1) is 14.3. The van der Waals surface area contributed by atoms with Crippen molar-refractivity contribution in [1.29, 1.82) is 0 Å². The fourth-order valence-corrected chi connectivity index (χ4v) is 2.22. The number of hydrogen-bond donors (Lipinski definition) is 2. The van der Waals surface area contributed by atoms with E-state index in [9.17, 15) is 9.90 Å². The van der Waals surface area contributed by atoms with E-state index < -0.39 is 5.97 Å². The number of nitrogens with one attached hydrogen (secondary N) is 1. The lowest BCUT2D eigenvalue weighted by molar-refractivity contribution is 0.0690. The second kappa shape index (κ2) is 6.01. The van der Waals surface area contributed by atoms with Gasteiger partial charge in [-0.1, -0.05) is 18.2 Å². The molecule has 1 saturated carbocycles. The molecule has 22 heavy (non-hydrogen) atoms. The number of carboxylic acid groups (broad SMARTS) is 1. The maximum absolute atomic E-state index is 11.2. The molecule has 0 atom stereocenters. The number of methoxy groups -OCH3 is 1. The monoisotopic (exact) mass is 299 g/mol. The summed E-state index contributed by atoms with van der Waals surface area (Å²) in [5.41, 5.74) is 0.924. The lowest BCUT2D eigenvalue weighted by Crippen LogP contribution is -2.11. The Morgan fingerprint density at radius 2 is 2.14 bits per heavy atom. The van der Waals surface area contributed by atoms with Crippen LogP contribution in [0, 0.1) is 0 Å². The number of rotatable bonds is 6. The highest BCUT2D eigenvalue weighted by Crippen LogP contribution is 2.25. The number of carboxylic acids is 1. The third kappa shape index (κ3) is 3.33. The van der Waals surface area contributed by atoms with Crippen molar-refractivity contribution < 1.29 is 14.6 Å². The number of ether oxygens (including phenoxy) is 1. The molecule has 1 heterocycles. The molecule has 0 unspecified atom stereocenters. The largest absolute Gasteiger partial charge is 0.496 e. The first-order valence-electron chi connectivity index (χ1n) is 7.15. The van der Waals surface area contributed by atoms with Gasteiger partial charge in [-0.05, 0) is 18.9 Å². The summed E-state index contributed by atoms with van der Waals surface area (Å²) in [6.45, 7) is 0. The van der Waals surface area contributed by atoms with Crippen LogP contribution in [-0.2, 0) is 6.42 Å². The van der Waals surface area contributed by atoms with Crippen LogP contribution in [0.5, 0.6) is 5.75 Å². The molecule has 0 amide bonds. The second-order valence-electron chi connectivity index (χ2n) is 5.27. The predicted molar refractivity (Wildman–Crippen MR) is 81.4 cm³/mol. The molecule has 2 N–H and O–H groups in total. The van der Waals surface area contributed by atoms with Crippen LogP contribution in [0.3, 0.4) is 0 Å². The number of nitrogens with zero attached hydrogens (tertiary/aromatic N) is 2. The highest BCUT2D eigenvalue weighted by molar-refractivity contribution is 5.86. The zero-order chi connectivity index (χ0) is 15.5. The Morgan fingerprint density at radius 1 is 1.36 bits per heavy atom. The molecule has 0 aliphatic heterocycles. The Bertz CT molecular complexity index is 699. The Kier molecular flexibility index (Phi) is 3.91. The summed E-state index contributed by atoms with van der Waals surface area (Å²) >= 11 is 0. The van der Waals surface area contributed by atoms with Gasteiger partial charge >= 0.3 is 5.97 Å². The topological polar surface area (TPSA) is 84.3 Å². The average molecular weight is 299 g/mol. The summed E-state index contributed by atoms with van der Waals surface area (Å²) in [5, 5.41) is 12.4. The lowest BCUT2D eigenvalue weighted by atomic mass is 10.1. The molecule has 0 bridgehead atoms. The van der Waals surface area contributed by atoms with Crippen molar-refractivity contribution in [3.05, 3.63) is 47.4 Å². The predicted octanol–water partition coefficient (Wildman–Crippen LogP) is 2.35. The quantitative estimate of drug-likeness (QED) is 0.851. The Morgan fingerprint density at radius 3 is 2.82 bits per heavy atom. The van der Waals surface area contributed by atoms with Crippen LogP contribution in [0.4, 0.5) is 5.82 Å². The maximum atomic E-state index is 11.2. The number of hydrogen-bond acceptors (Lipinski definition) is 5. The molecule has 0 radical (unpaired) electrons. The van der Waals surface area contributed by atoms with Gasteiger partial charge in [0.05, 0.1) is 7.11 Å². The summed E-state index contributed by atoms with van der Waals surface area (Å²) in [5.74, 6) is 0.721. The molecule has 1 aliphatic rings. The van der Waals surface area contributed by atoms with Gasteiger partial charge in [0.25, 0.3) is 0 Å². The molecule has 6 nitrogen and oxygen atoms in total. The number of aromatic nitrogens is 2. The molecule has 1 aromatic carbocycles. The van der Waals surface area contributed by atoms with Crippen LogP contribution in [0.25, 0.3) is 0 Å². The van der Waals surface area contributed by atoms with E-state index in [-0.39, 0.29) is 5.69 Å². The van der Waals surface area contributed by atoms with Gasteiger partial charge in [0.1, 0.15) is 17.4 Å². The highest BCUT2D eigenvalue weighted by Gasteiger charge is 2.22. The molecular weight excluding hydrogens is 282 g/mol. The SMILES string of the molecule is COc1ccccc1Cc1nc(NC2CC2)cc(C(=O)O)n1. The minimum Gasteiger partial charge on any atom is -0.496 e. The third-order valence-corrected chi connectivity index (χ3v) is 3.46. The molecule has 114 valence electrons. The molecular formula is C16H17N3O3. The average Bonchev–Trinajstić information content (AvgIpc) is 3.31. The van der Waals surface area contributed by atoms with E-state index in [1.54, 1.807) is 7.11 Å². The molecule has 1 aliphatic carbocycles. The van der Waals surface area contributed by atoms with Crippen molar-refractivity contribution in [3.63, 3.8) is 0 Å². The molecule has 0 saturated heterocycles. The number of carbonyl (C=O) groups is 1. The molecule has 1 aromatic heterocycles. The summed E-state index contributed by atoms with van der Waals surface area (Å²) in [7, 11) is 1.60. The second-order valence-corrected chi connectivity index (χ2v) is 5.27. The summed E-state index contributed by atoms with van der Waals surface area (Å²) < 4.78 is 5.31. The molecule has 6 heteroatoms. The van der Waals surface area contributed by atoms with Crippen molar-refractivity contribution in [2.24, 2.45) is 0 Å². The maximum Gasteiger partial charge on any atom is 0.354 e. The van der Waals surface area contributed by atoms with E-state index in [1.807, 2.05) is 24.3 Å². The zero-order valence-corrected chi connectivity index (χ0v) is 12.2. The van der Waals surface area contributed by atoms with Gasteiger partial charge < -0.3 is 15.2 Å². The fourth-order valence-electron chi connectivity index (χ4n) is 2.22. The van der Waals surface area contributed by atoms with E-state index in [0.29, 0.717) is 24.1 Å². The Balaban J connectivity index is 1.91. The molecule has 3 rings (SSSR count). The van der Waals surface area contributed by atoms with Crippen molar-refractivity contribution in [2.45, 2.75) is 25.3 Å². The summed E-state index contributed by atoms with van der Waals surface area (Å²) in [6.07, 6.45) is 2.60. The van der Waals surface area contributed by atoms with Gasteiger partial charge in [-0.15, -0.1) is 0 Å². The van der Waals surface area contributed by atoms with Gasteiger partial charge in [0.15, 0.2) is 5.69 Å². The fraction of sp³-hybridized carbons (Fsp3) is 0.312. The van der Waals surface area contributed by atoms with Crippen molar-refractivity contribution in [2.75, 3.05) is 12.4 Å². The van der Waals surface area contributed by atoms with Crippen molar-refractivity contribution in [3.8, 4) is 5.75 Å². The lowest BCUT2D eigenvalue weighted by Gasteiger charge is -2.10. The van der Waals surface area contributed by atoms with Crippen molar-refractivity contribution in [1.82, 2.24) is 9.97 Å². The smallest absolute Gasteiger partial charge is 0.354 e. The minimum atomic E-state index is -1.05. The summed E-state index contributed by atoms with van der Waals surface area (Å²) in [6, 6.07) is 9.45. The van der Waals surface area contributed by atoms with Gasteiger partial charge in [-0.2, -0.15) is 0 Å². The van der Waals surface area contributed by atoms with Crippen LogP contribution in [-0.4, -0.2) is 34.2 Å². The Labute approximate surface area is 128 Å². The number of aromatic carboxylic acids is 1. The van der Waals surface area contributed by atoms with Crippen LogP contribution in [0.15, 0.2) is 30.3 Å². The third-order valence-electron chi connectivity index (χ3n) is 3.46. The minimum absolute atomic E-state index is 0.00282. The normalized spacial score (nSPS) is 13.7. The highest BCUT2D eigenvalue weighted by atomic mass is 16.5. The molecule has 2 aromatic rings. The number of benzene rings is 1. The first-order chi connectivity index (χ1) is 10.7. The standard InChI is InChI=1S/C16H17N3O3/c1-22-13-5-3-2-4-10(13)8-14-18-12(16(20)21)9-15(19-14)17-11-6-7-11/h2-5,9,11H,6-8H2,1H3,(H,20,21)(H,17,18,19). The van der Waals surface area contributed by atoms with E-state index in [2.05, 4.69) is 15.3 Å². The van der Waals surface area contributed by atoms with Gasteiger partial charge in [-0.25, -0.2) is 14.8 Å². The first-order valence-corrected chi connectivity index (χ1v) is 7.15. The molecule has 0 spiro atoms.